The van der Waals surface area contributed by atoms with Crippen molar-refractivity contribution in [2.45, 2.75) is 26.4 Å². The van der Waals surface area contributed by atoms with Gasteiger partial charge in [0, 0.05) is 11.3 Å². The van der Waals surface area contributed by atoms with Crippen molar-refractivity contribution in [1.82, 2.24) is 0 Å². The normalized spacial score (nSPS) is 10.7. The van der Waals surface area contributed by atoms with E-state index in [1.807, 2.05) is 24.3 Å². The van der Waals surface area contributed by atoms with Gasteiger partial charge in [-0.15, -0.1) is 0 Å². The quantitative estimate of drug-likeness (QED) is 0.811. The molecule has 2 nitrogen and oxygen atoms in total. The third kappa shape index (κ3) is 3.25. The molecule has 0 amide bonds. The largest absolute Gasteiger partial charge is 0.457 e. The maximum absolute atomic E-state index is 12.9. The smallest absolute Gasteiger partial charge is 0.133 e. The van der Waals surface area contributed by atoms with E-state index in [9.17, 15) is 4.39 Å². The highest BCUT2D eigenvalue weighted by Crippen LogP contribution is 2.28. The summed E-state index contributed by atoms with van der Waals surface area (Å²) >= 11 is 0. The van der Waals surface area contributed by atoms with E-state index in [0.29, 0.717) is 28.7 Å². The maximum Gasteiger partial charge on any atom is 0.133 e. The highest BCUT2D eigenvalue weighted by atomic mass is 19.1. The molecule has 0 aliphatic rings. The lowest BCUT2D eigenvalue weighted by Crippen LogP contribution is -1.93. The molecule has 2 aromatic rings. The monoisotopic (exact) mass is 259 g/mol. The van der Waals surface area contributed by atoms with Gasteiger partial charge in [0.2, 0.25) is 0 Å². The molecule has 0 spiro atoms. The molecule has 3 heteroatoms. The van der Waals surface area contributed by atoms with E-state index in [4.69, 9.17) is 10.5 Å². The predicted octanol–water partition coefficient (Wildman–Crippen LogP) is 4.65. The van der Waals surface area contributed by atoms with Crippen LogP contribution in [0.15, 0.2) is 42.5 Å². The molecular weight excluding hydrogens is 241 g/mol. The van der Waals surface area contributed by atoms with Crippen LogP contribution in [0.3, 0.4) is 0 Å². The van der Waals surface area contributed by atoms with E-state index in [-0.39, 0.29) is 0 Å². The molecule has 2 N–H and O–H groups in total. The number of rotatable bonds is 4. The van der Waals surface area contributed by atoms with Crippen molar-refractivity contribution in [2.24, 2.45) is 0 Å². The zero-order valence-electron chi connectivity index (χ0n) is 11.2. The number of benzene rings is 2. The van der Waals surface area contributed by atoms with Crippen molar-refractivity contribution in [3.05, 3.63) is 53.6 Å². The van der Waals surface area contributed by atoms with Crippen LogP contribution in [0.4, 0.5) is 10.1 Å². The van der Waals surface area contributed by atoms with Crippen LogP contribution in [-0.4, -0.2) is 0 Å². The second-order valence-electron chi connectivity index (χ2n) is 4.83. The fraction of sp³-hybridized carbons (Fsp3) is 0.250. The Morgan fingerprint density at radius 3 is 2.37 bits per heavy atom. The topological polar surface area (TPSA) is 35.2 Å². The van der Waals surface area contributed by atoms with Gasteiger partial charge in [-0.25, -0.2) is 4.39 Å². The molecule has 0 bridgehead atoms. The van der Waals surface area contributed by atoms with Crippen molar-refractivity contribution in [3.8, 4) is 11.5 Å². The fourth-order valence-corrected chi connectivity index (χ4v) is 1.85. The number of nitrogens with two attached hydrogens (primary N) is 1. The number of nitrogen functional groups attached to an aromatic ring is 1. The molecule has 0 aliphatic heterocycles. The fourth-order valence-electron chi connectivity index (χ4n) is 1.85. The van der Waals surface area contributed by atoms with Gasteiger partial charge in [0.15, 0.2) is 0 Å². The Labute approximate surface area is 113 Å². The Morgan fingerprint density at radius 2 is 1.79 bits per heavy atom. The van der Waals surface area contributed by atoms with Crippen LogP contribution in [0.25, 0.3) is 0 Å². The van der Waals surface area contributed by atoms with Crippen molar-refractivity contribution in [3.63, 3.8) is 0 Å². The van der Waals surface area contributed by atoms with Gasteiger partial charge in [-0.05, 0) is 41.8 Å². The Hall–Kier alpha value is -2.03. The summed E-state index contributed by atoms with van der Waals surface area (Å²) in [5.74, 6) is 1.69. The molecule has 2 rings (SSSR count). The minimum absolute atomic E-state index is 0.466. The van der Waals surface area contributed by atoms with Crippen molar-refractivity contribution in [2.75, 3.05) is 5.73 Å². The van der Waals surface area contributed by atoms with E-state index < -0.39 is 6.67 Å². The summed E-state index contributed by atoms with van der Waals surface area (Å²) in [5.41, 5.74) is 7.88. The summed E-state index contributed by atoms with van der Waals surface area (Å²) < 4.78 is 18.6. The summed E-state index contributed by atoms with van der Waals surface area (Å²) in [6.07, 6.45) is 0. The van der Waals surface area contributed by atoms with Crippen LogP contribution in [-0.2, 0) is 6.67 Å². The van der Waals surface area contributed by atoms with Gasteiger partial charge < -0.3 is 10.5 Å². The molecule has 0 radical (unpaired) electrons. The molecule has 100 valence electrons. The van der Waals surface area contributed by atoms with Crippen LogP contribution >= 0.6 is 0 Å². The molecule has 0 aromatic heterocycles. The van der Waals surface area contributed by atoms with Crippen LogP contribution in [0, 0.1) is 0 Å². The third-order valence-electron chi connectivity index (χ3n) is 3.00. The minimum Gasteiger partial charge on any atom is -0.457 e. The summed E-state index contributed by atoms with van der Waals surface area (Å²) in [4.78, 5) is 0. The first-order chi connectivity index (χ1) is 9.10. The molecule has 0 unspecified atom stereocenters. The molecule has 19 heavy (non-hydrogen) atoms. The molecule has 0 saturated heterocycles. The van der Waals surface area contributed by atoms with Crippen LogP contribution in [0.1, 0.15) is 30.9 Å². The minimum atomic E-state index is -0.593. The predicted molar refractivity (Wildman–Crippen MR) is 76.3 cm³/mol. The Balaban J connectivity index is 2.21. The third-order valence-corrected chi connectivity index (χ3v) is 3.00. The van der Waals surface area contributed by atoms with E-state index in [2.05, 4.69) is 13.8 Å². The summed E-state index contributed by atoms with van der Waals surface area (Å²) in [7, 11) is 0. The Morgan fingerprint density at radius 1 is 1.11 bits per heavy atom. The summed E-state index contributed by atoms with van der Waals surface area (Å²) in [5, 5.41) is 0. The molecule has 2 aromatic carbocycles. The van der Waals surface area contributed by atoms with Crippen molar-refractivity contribution >= 4 is 5.69 Å². The number of ether oxygens (including phenoxy) is 1. The molecule has 0 aliphatic carbocycles. The first-order valence-corrected chi connectivity index (χ1v) is 6.32. The average Bonchev–Trinajstić information content (AvgIpc) is 2.41. The summed E-state index contributed by atoms with van der Waals surface area (Å²) in [6.45, 7) is 3.68. The SMILES string of the molecule is CC(C)c1ccc(Oc2ccc(N)cc2CF)cc1. The van der Waals surface area contributed by atoms with Gasteiger partial charge in [-0.1, -0.05) is 26.0 Å². The molecule has 0 saturated carbocycles. The van der Waals surface area contributed by atoms with Gasteiger partial charge in [0.25, 0.3) is 0 Å². The zero-order valence-corrected chi connectivity index (χ0v) is 11.2. The van der Waals surface area contributed by atoms with Gasteiger partial charge in [-0.2, -0.15) is 0 Å². The first-order valence-electron chi connectivity index (χ1n) is 6.32. The van der Waals surface area contributed by atoms with Gasteiger partial charge in [-0.3, -0.25) is 0 Å². The summed E-state index contributed by atoms with van der Waals surface area (Å²) in [6, 6.07) is 12.8. The standard InChI is InChI=1S/C16H18FNO/c1-11(2)12-3-6-15(7-4-12)19-16-8-5-14(18)9-13(16)10-17/h3-9,11H,10,18H2,1-2H3. The van der Waals surface area contributed by atoms with Gasteiger partial charge >= 0.3 is 0 Å². The highest BCUT2D eigenvalue weighted by Gasteiger charge is 2.06. The molecule has 0 fully saturated rings. The van der Waals surface area contributed by atoms with E-state index in [1.165, 1.54) is 5.56 Å². The number of halogens is 1. The van der Waals surface area contributed by atoms with E-state index >= 15 is 0 Å². The molecule has 0 heterocycles. The van der Waals surface area contributed by atoms with E-state index in [0.717, 1.165) is 0 Å². The number of alkyl halides is 1. The average molecular weight is 259 g/mol. The van der Waals surface area contributed by atoms with E-state index in [1.54, 1.807) is 18.2 Å². The van der Waals surface area contributed by atoms with Crippen LogP contribution < -0.4 is 10.5 Å². The second-order valence-corrected chi connectivity index (χ2v) is 4.83. The number of hydrogen-bond acceptors (Lipinski definition) is 2. The first kappa shape index (κ1) is 13.4. The molecular formula is C16H18FNO. The molecule has 0 atom stereocenters. The van der Waals surface area contributed by atoms with Crippen LogP contribution in [0.5, 0.6) is 11.5 Å². The number of hydrogen-bond donors (Lipinski definition) is 1. The lowest BCUT2D eigenvalue weighted by molar-refractivity contribution is 0.439. The zero-order chi connectivity index (χ0) is 13.8. The Bertz CT molecular complexity index is 549. The van der Waals surface area contributed by atoms with Crippen molar-refractivity contribution < 1.29 is 9.13 Å². The maximum atomic E-state index is 12.9. The van der Waals surface area contributed by atoms with Gasteiger partial charge in [0.1, 0.15) is 18.2 Å². The lowest BCUT2D eigenvalue weighted by atomic mass is 10.0. The number of anilines is 1. The van der Waals surface area contributed by atoms with Crippen molar-refractivity contribution in [1.29, 1.82) is 0 Å². The highest BCUT2D eigenvalue weighted by molar-refractivity contribution is 5.49. The lowest BCUT2D eigenvalue weighted by Gasteiger charge is -2.11. The van der Waals surface area contributed by atoms with Crippen LogP contribution in [0.2, 0.25) is 0 Å². The van der Waals surface area contributed by atoms with Gasteiger partial charge in [0.05, 0.1) is 0 Å². The second kappa shape index (κ2) is 5.74. The Kier molecular flexibility index (Phi) is 4.05.